The summed E-state index contributed by atoms with van der Waals surface area (Å²) in [5.41, 5.74) is 2.93. The van der Waals surface area contributed by atoms with Gasteiger partial charge in [0.05, 0.1) is 29.1 Å². The average molecular weight is 345 g/mol. The van der Waals surface area contributed by atoms with Crippen LogP contribution in [0.5, 0.6) is 0 Å². The molecule has 1 fully saturated rings. The Kier molecular flexibility index (Phi) is 2.79. The zero-order valence-electron chi connectivity index (χ0n) is 11.4. The minimum absolute atomic E-state index is 0.287. The van der Waals surface area contributed by atoms with Crippen molar-refractivity contribution < 1.29 is 4.79 Å². The molecule has 1 aromatic heterocycles. The molecule has 0 unspecified atom stereocenters. The molecule has 2 aliphatic rings. The molecule has 0 spiro atoms. The van der Waals surface area contributed by atoms with Crippen LogP contribution < -0.4 is 15.1 Å². The molecule has 0 saturated carbocycles. The summed E-state index contributed by atoms with van der Waals surface area (Å²) in [6.45, 7) is 1.74. The lowest BCUT2D eigenvalue weighted by molar-refractivity contribution is 0.432. The minimum atomic E-state index is 0.287. The largest absolute Gasteiger partial charge is 0.318 e. The van der Waals surface area contributed by atoms with Crippen molar-refractivity contribution in [3.8, 4) is 0 Å². The summed E-state index contributed by atoms with van der Waals surface area (Å²) in [5.74, 6) is 2.65. The maximum atomic E-state index is 11.4. The maximum absolute atomic E-state index is 11.4. The lowest BCUT2D eigenvalue weighted by atomic mass is 10.1. The summed E-state index contributed by atoms with van der Waals surface area (Å²) in [4.78, 5) is 19.9. The smallest absolute Gasteiger partial charge is 0.200 e. The Bertz CT molecular complexity index is 796. The summed E-state index contributed by atoms with van der Waals surface area (Å²) in [5, 5.41) is 4.31. The molecule has 2 aliphatic heterocycles. The molecule has 0 atom stereocenters. The number of fused-ring (bicyclic) bond motifs is 3. The fourth-order valence-corrected chi connectivity index (χ4v) is 3.31. The van der Waals surface area contributed by atoms with Crippen molar-refractivity contribution in [1.29, 1.82) is 0 Å². The lowest BCUT2D eigenvalue weighted by Gasteiger charge is -2.37. The quantitative estimate of drug-likeness (QED) is 0.800. The van der Waals surface area contributed by atoms with Crippen molar-refractivity contribution in [1.82, 2.24) is 10.3 Å². The molecule has 0 radical (unpaired) electrons. The van der Waals surface area contributed by atoms with Crippen LogP contribution in [0.4, 0.5) is 11.4 Å². The third kappa shape index (κ3) is 1.73. The van der Waals surface area contributed by atoms with Crippen LogP contribution >= 0.6 is 15.9 Å². The second-order valence-corrected chi connectivity index (χ2v) is 6.24. The van der Waals surface area contributed by atoms with Crippen molar-refractivity contribution in [3.05, 3.63) is 34.7 Å². The summed E-state index contributed by atoms with van der Waals surface area (Å²) in [7, 11) is 1.89. The Labute approximate surface area is 130 Å². The fraction of sp³-hybridized carbons (Fsp3) is 0.267. The molecule has 0 amide bonds. The summed E-state index contributed by atoms with van der Waals surface area (Å²) >= 11 is 3.52. The summed E-state index contributed by atoms with van der Waals surface area (Å²) in [6, 6.07) is 6.31. The van der Waals surface area contributed by atoms with Crippen LogP contribution in [0.1, 0.15) is 0 Å². The number of nitrogens with zero attached hydrogens (tertiary/aromatic N) is 3. The van der Waals surface area contributed by atoms with E-state index in [0.29, 0.717) is 5.82 Å². The molecule has 3 heterocycles. The molecular formula is C15H13BrN4O. The molecule has 4 rings (SSSR count). The number of halogens is 1. The normalized spacial score (nSPS) is 17.9. The highest BCUT2D eigenvalue weighted by molar-refractivity contribution is 9.10. The lowest BCUT2D eigenvalue weighted by Crippen LogP contribution is -2.57. The molecule has 5 nitrogen and oxygen atoms in total. The molecule has 21 heavy (non-hydrogen) atoms. The first-order valence-corrected chi connectivity index (χ1v) is 7.57. The highest BCUT2D eigenvalue weighted by atomic mass is 79.9. The zero-order chi connectivity index (χ0) is 14.6. The van der Waals surface area contributed by atoms with E-state index in [-0.39, 0.29) is 6.04 Å². The van der Waals surface area contributed by atoms with E-state index in [1.165, 1.54) is 0 Å². The molecule has 106 valence electrons. The first-order chi connectivity index (χ1) is 10.2. The van der Waals surface area contributed by atoms with Crippen LogP contribution in [0.2, 0.25) is 0 Å². The zero-order valence-corrected chi connectivity index (χ0v) is 13.0. The summed E-state index contributed by atoms with van der Waals surface area (Å²) in [6.07, 6.45) is 1.83. The van der Waals surface area contributed by atoms with Crippen LogP contribution in [0.25, 0.3) is 10.9 Å². The van der Waals surface area contributed by atoms with Gasteiger partial charge in [-0.3, -0.25) is 4.98 Å². The van der Waals surface area contributed by atoms with Crippen LogP contribution in [-0.4, -0.2) is 37.1 Å². The predicted molar refractivity (Wildman–Crippen MR) is 86.2 cm³/mol. The molecule has 2 aromatic rings. The number of benzene rings is 1. The highest BCUT2D eigenvalue weighted by Gasteiger charge is 2.39. The second-order valence-electron chi connectivity index (χ2n) is 5.32. The minimum Gasteiger partial charge on any atom is -0.318 e. The molecule has 1 aromatic carbocycles. The SMILES string of the molecule is CN1C(=C=O)N(C2CNC2)c2c1cnc1ccc(Br)cc21. The number of nitrogens with one attached hydrogen (secondary N) is 1. The first kappa shape index (κ1) is 12.8. The Hall–Kier alpha value is -1.88. The Morgan fingerprint density at radius 2 is 2.24 bits per heavy atom. The van der Waals surface area contributed by atoms with Crippen LogP contribution in [0, 0.1) is 0 Å². The van der Waals surface area contributed by atoms with E-state index in [4.69, 9.17) is 0 Å². The van der Waals surface area contributed by atoms with Crippen molar-refractivity contribution >= 4 is 44.1 Å². The monoisotopic (exact) mass is 344 g/mol. The topological polar surface area (TPSA) is 48.5 Å². The van der Waals surface area contributed by atoms with Gasteiger partial charge in [-0.1, -0.05) is 15.9 Å². The molecule has 6 heteroatoms. The second kappa shape index (κ2) is 4.56. The van der Waals surface area contributed by atoms with E-state index in [1.807, 2.05) is 30.3 Å². The fourth-order valence-electron chi connectivity index (χ4n) is 2.95. The van der Waals surface area contributed by atoms with Gasteiger partial charge in [0, 0.05) is 30.0 Å². The van der Waals surface area contributed by atoms with E-state index in [0.717, 1.165) is 39.8 Å². The van der Waals surface area contributed by atoms with Crippen LogP contribution in [0.3, 0.4) is 0 Å². The third-order valence-electron chi connectivity index (χ3n) is 4.15. The number of hydrogen-bond acceptors (Lipinski definition) is 5. The Morgan fingerprint density at radius 1 is 1.43 bits per heavy atom. The van der Waals surface area contributed by atoms with Crippen molar-refractivity contribution in [2.75, 3.05) is 29.9 Å². The van der Waals surface area contributed by atoms with Gasteiger partial charge in [-0.05, 0) is 18.2 Å². The van der Waals surface area contributed by atoms with Gasteiger partial charge in [0.1, 0.15) is 0 Å². The van der Waals surface area contributed by atoms with Gasteiger partial charge >= 0.3 is 0 Å². The van der Waals surface area contributed by atoms with Gasteiger partial charge in [0.15, 0.2) is 5.94 Å². The molecule has 0 bridgehead atoms. The highest BCUT2D eigenvalue weighted by Crippen LogP contribution is 2.45. The van der Waals surface area contributed by atoms with Crippen molar-refractivity contribution in [2.45, 2.75) is 6.04 Å². The maximum Gasteiger partial charge on any atom is 0.200 e. The molecule has 1 saturated heterocycles. The standard InChI is InChI=1S/C15H13BrN4O/c1-19-13-7-18-12-3-2-9(16)4-11(12)15(13)20(14(19)8-21)10-5-17-6-10/h2-4,7,10,17H,5-6H2,1H3. The summed E-state index contributed by atoms with van der Waals surface area (Å²) < 4.78 is 1.00. The number of rotatable bonds is 1. The number of aromatic nitrogens is 1. The van der Waals surface area contributed by atoms with E-state index in [2.05, 4.69) is 43.1 Å². The van der Waals surface area contributed by atoms with E-state index >= 15 is 0 Å². The molecular weight excluding hydrogens is 332 g/mol. The number of hydrogen-bond donors (Lipinski definition) is 1. The Morgan fingerprint density at radius 3 is 2.90 bits per heavy atom. The van der Waals surface area contributed by atoms with E-state index < -0.39 is 0 Å². The molecule has 1 N–H and O–H groups in total. The van der Waals surface area contributed by atoms with Crippen molar-refractivity contribution in [2.24, 2.45) is 0 Å². The van der Waals surface area contributed by atoms with Gasteiger partial charge in [0.2, 0.25) is 5.82 Å². The van der Waals surface area contributed by atoms with E-state index in [1.54, 1.807) is 0 Å². The average Bonchev–Trinajstić information content (AvgIpc) is 2.70. The van der Waals surface area contributed by atoms with Gasteiger partial charge in [-0.25, -0.2) is 4.79 Å². The van der Waals surface area contributed by atoms with E-state index in [9.17, 15) is 4.79 Å². The number of pyridine rings is 1. The van der Waals surface area contributed by atoms with Crippen molar-refractivity contribution in [3.63, 3.8) is 0 Å². The van der Waals surface area contributed by atoms with Gasteiger partial charge < -0.3 is 15.1 Å². The number of carbonyl (C=O) groups excluding carboxylic acids is 1. The predicted octanol–water partition coefficient (Wildman–Crippen LogP) is 1.90. The van der Waals surface area contributed by atoms with Gasteiger partial charge in [-0.15, -0.1) is 0 Å². The van der Waals surface area contributed by atoms with Gasteiger partial charge in [0.25, 0.3) is 0 Å². The number of anilines is 2. The van der Waals surface area contributed by atoms with Crippen LogP contribution in [0.15, 0.2) is 34.7 Å². The third-order valence-corrected chi connectivity index (χ3v) is 4.64. The molecule has 0 aliphatic carbocycles. The Balaban J connectivity index is 2.03. The van der Waals surface area contributed by atoms with Gasteiger partial charge in [-0.2, -0.15) is 0 Å². The first-order valence-electron chi connectivity index (χ1n) is 6.78. The van der Waals surface area contributed by atoms with Crippen LogP contribution in [-0.2, 0) is 4.79 Å².